The Morgan fingerprint density at radius 1 is 0.745 bits per heavy atom. The zero-order valence-corrected chi connectivity index (χ0v) is 59.4. The third kappa shape index (κ3) is 21.7. The summed E-state index contributed by atoms with van der Waals surface area (Å²) in [6.07, 6.45) is 4.02. The van der Waals surface area contributed by atoms with Crippen LogP contribution in [0.3, 0.4) is 0 Å². The first kappa shape index (κ1) is 77.5. The number of carboxylic acids is 1. The number of ether oxygens (including phenoxy) is 9. The predicted octanol–water partition coefficient (Wildman–Crippen LogP) is 7.15. The minimum atomic E-state index is -1.20. The molecule has 2 aliphatic heterocycles. The molecule has 1 fully saturated rings. The minimum Gasteiger partial charge on any atom is -0.493 e. The minimum absolute atomic E-state index is 0.0172. The van der Waals surface area contributed by atoms with Gasteiger partial charge in [0.2, 0.25) is 17.0 Å². The number of nitrogens with one attached hydrogen (secondary N) is 3. The molecule has 0 radical (unpaired) electrons. The summed E-state index contributed by atoms with van der Waals surface area (Å²) in [7, 11) is 10.8. The van der Waals surface area contributed by atoms with Crippen molar-refractivity contribution in [2.75, 3.05) is 140 Å². The predicted molar refractivity (Wildman–Crippen MR) is 378 cm³/mol. The number of likely N-dealkylation sites (tertiary alicyclic amines) is 1. The van der Waals surface area contributed by atoms with Crippen LogP contribution in [0.25, 0.3) is 33.4 Å². The lowest BCUT2D eigenvalue weighted by molar-refractivity contribution is -0.164. The molecule has 27 nitrogen and oxygen atoms in total. The molecule has 546 valence electrons. The number of anilines is 1. The Labute approximate surface area is 592 Å². The number of ketones is 1. The highest BCUT2D eigenvalue weighted by Gasteiger charge is 2.41. The lowest BCUT2D eigenvalue weighted by atomic mass is 9.84. The number of hydrogen-bond donors (Lipinski definition) is 4. The first-order valence-corrected chi connectivity index (χ1v) is 34.0. The summed E-state index contributed by atoms with van der Waals surface area (Å²) in [6, 6.07) is 27.7. The van der Waals surface area contributed by atoms with E-state index in [1.165, 1.54) is 23.5 Å². The Bertz CT molecular complexity index is 4100. The van der Waals surface area contributed by atoms with Crippen LogP contribution in [-0.4, -0.2) is 208 Å². The van der Waals surface area contributed by atoms with E-state index in [0.29, 0.717) is 100 Å². The number of Topliss-reactive ketones (excluding diaryl/α,β-unsaturated/α-hetero) is 1. The Hall–Kier alpha value is -10.2. The van der Waals surface area contributed by atoms with Gasteiger partial charge in [0.05, 0.1) is 90.8 Å². The fourth-order valence-electron chi connectivity index (χ4n) is 11.2. The van der Waals surface area contributed by atoms with Crippen LogP contribution in [0.1, 0.15) is 96.5 Å². The van der Waals surface area contributed by atoms with E-state index >= 15 is 0 Å². The summed E-state index contributed by atoms with van der Waals surface area (Å²) in [5.74, 6) is -2.18. The molecule has 102 heavy (non-hydrogen) atoms. The van der Waals surface area contributed by atoms with Crippen molar-refractivity contribution in [2.24, 2.45) is 5.41 Å². The zero-order chi connectivity index (χ0) is 73.3. The third-order valence-electron chi connectivity index (χ3n) is 17.3. The van der Waals surface area contributed by atoms with Gasteiger partial charge in [-0.05, 0) is 110 Å². The molecule has 4 N–H and O–H groups in total. The molecule has 0 saturated carbocycles. The summed E-state index contributed by atoms with van der Waals surface area (Å²) in [4.78, 5) is 113. The lowest BCUT2D eigenvalue weighted by Crippen LogP contribution is -2.53. The van der Waals surface area contributed by atoms with Gasteiger partial charge in [-0.3, -0.25) is 24.0 Å². The average Bonchev–Trinajstić information content (AvgIpc) is 0.810. The van der Waals surface area contributed by atoms with Crippen LogP contribution in [0.5, 0.6) is 17.2 Å². The highest BCUT2D eigenvalue weighted by Crippen LogP contribution is 2.43. The number of imidazole rings is 1. The van der Waals surface area contributed by atoms with Gasteiger partial charge < -0.3 is 77.9 Å². The fraction of sp³-hybridized carbons (Fsp3) is 0.440. The topological polar surface area (TPSA) is 316 Å². The van der Waals surface area contributed by atoms with Gasteiger partial charge >= 0.3 is 18.0 Å². The molecule has 5 aromatic rings. The third-order valence-corrected chi connectivity index (χ3v) is 17.3. The number of methoxy groups -OCH3 is 2. The van der Waals surface area contributed by atoms with Gasteiger partial charge in [0, 0.05) is 91.8 Å². The summed E-state index contributed by atoms with van der Waals surface area (Å²) >= 11 is 0. The van der Waals surface area contributed by atoms with Crippen molar-refractivity contribution in [1.82, 2.24) is 35.0 Å². The second-order valence-corrected chi connectivity index (χ2v) is 25.3. The number of aryl methyl sites for hydroxylation is 1. The van der Waals surface area contributed by atoms with Gasteiger partial charge in [-0.1, -0.05) is 45.0 Å². The number of fused-ring (bicyclic) bond motifs is 2. The van der Waals surface area contributed by atoms with Gasteiger partial charge in [-0.2, -0.15) is 0 Å². The second kappa shape index (κ2) is 38.0. The van der Waals surface area contributed by atoms with E-state index in [1.807, 2.05) is 93.1 Å². The molecular formula is C75H93N8O19+. The maximum absolute atomic E-state index is 14.1. The largest absolute Gasteiger partial charge is 0.493 e. The van der Waals surface area contributed by atoms with Crippen LogP contribution in [-0.2, 0) is 65.2 Å². The fourth-order valence-corrected chi connectivity index (χ4v) is 11.2. The first-order chi connectivity index (χ1) is 49.1. The lowest BCUT2D eigenvalue weighted by Gasteiger charge is -2.36. The summed E-state index contributed by atoms with van der Waals surface area (Å²) in [5, 5.41) is 20.3. The number of carboxylic acid groups (broad SMARTS) is 1. The Morgan fingerprint density at radius 2 is 1.43 bits per heavy atom. The monoisotopic (exact) mass is 1410 g/mol. The number of aromatic nitrogens is 2. The first-order valence-electron chi connectivity index (χ1n) is 34.0. The summed E-state index contributed by atoms with van der Waals surface area (Å²) in [5.41, 5.74) is 4.34. The van der Waals surface area contributed by atoms with E-state index < -0.39 is 53.2 Å². The van der Waals surface area contributed by atoms with Crippen LogP contribution in [0.15, 0.2) is 114 Å². The molecule has 4 aromatic carbocycles. The van der Waals surface area contributed by atoms with Gasteiger partial charge in [-0.15, -0.1) is 0 Å². The molecule has 0 bridgehead atoms. The van der Waals surface area contributed by atoms with Gasteiger partial charge in [-0.25, -0.2) is 28.5 Å². The van der Waals surface area contributed by atoms with Crippen LogP contribution in [0.2, 0.25) is 0 Å². The summed E-state index contributed by atoms with van der Waals surface area (Å²) < 4.78 is 60.1. The number of carbonyl (C=O) groups is 8. The zero-order valence-electron chi connectivity index (χ0n) is 59.4. The number of aromatic carboxylic acids is 1. The number of nitrogens with zero attached hydrogens (tertiary/aromatic N) is 5. The average molecular weight is 1410 g/mol. The number of carbonyl (C=O) groups excluding carboxylic acids is 7. The molecule has 27 heteroatoms. The SMILES string of the molecule is CCC(C)(C)C(=O)C(=O)N1CCCC[C@H]1C(=O)O[C@@H](CCc1ccc(OC)c(OC)c1)c1cccc(OCC(=O)NCCOCCOCCOCCNC(=O)Cc2cn(C(=O)OCCOCCNC(=O)c3ccc(-c4c5ccc(=[N+](C)C)cc-5oc5cc(N(C)C)ccc45)c(C(=O)O)c3)cn2)c1. The highest BCUT2D eigenvalue weighted by molar-refractivity contribution is 6.38. The van der Waals surface area contributed by atoms with E-state index in [0.717, 1.165) is 21.2 Å². The quantitative estimate of drug-likeness (QED) is 0.00981. The standard InChI is InChI=1S/C75H92N8O19/c1-10-75(2,3)69(86)71(88)83-30-12-11-16-60(83)73(91)102-61(25-17-49-18-26-62(93-8)65(40-49)94-9)50-14-13-15-55(41-50)100-47-67(85)77-28-32-96-35-37-98-36-34-95-31-27-76-66(84)43-52-46-82(48-79-52)74(92)99-39-38-97-33-29-78-70(87)51-19-22-56(59(42-51)72(89)90)68-57-23-20-53(80(4)5)44-63(57)101-64-45-54(81(6)7)21-24-58(64)68/h13-15,18-24,26,40-42,44-46,48,60-61H,10-12,16-17,25,27-39,43,47H2,1-9H3,(H3-,76,77,78,84,85,87,89,90)/p+1/t60-,61-/m0/s1. The van der Waals surface area contributed by atoms with Crippen molar-refractivity contribution in [1.29, 1.82) is 0 Å². The molecule has 4 amide bonds. The van der Waals surface area contributed by atoms with Crippen LogP contribution in [0.4, 0.5) is 10.5 Å². The smallest absolute Gasteiger partial charge is 0.419 e. The van der Waals surface area contributed by atoms with E-state index in [9.17, 15) is 43.5 Å². The number of esters is 1. The molecule has 3 aliphatic rings. The molecule has 1 saturated heterocycles. The normalized spacial score (nSPS) is 13.2. The maximum atomic E-state index is 14.1. The van der Waals surface area contributed by atoms with Crippen LogP contribution >= 0.6 is 0 Å². The molecule has 8 rings (SSSR count). The van der Waals surface area contributed by atoms with Gasteiger partial charge in [0.25, 0.3) is 17.7 Å². The van der Waals surface area contributed by atoms with E-state index in [1.54, 1.807) is 70.5 Å². The number of benzene rings is 5. The second-order valence-electron chi connectivity index (χ2n) is 25.3. The van der Waals surface area contributed by atoms with Crippen molar-refractivity contribution < 1.29 is 90.5 Å². The summed E-state index contributed by atoms with van der Waals surface area (Å²) in [6.45, 7) is 7.33. The van der Waals surface area contributed by atoms with Gasteiger partial charge in [0.1, 0.15) is 56.3 Å². The number of hydrogen-bond acceptors (Lipinski definition) is 20. The van der Waals surface area contributed by atoms with Crippen LogP contribution in [0, 0.1) is 5.41 Å². The Morgan fingerprint density at radius 3 is 2.12 bits per heavy atom. The number of piperidine rings is 1. The Kier molecular flexibility index (Phi) is 28.9. The number of amides is 4. The number of rotatable bonds is 38. The molecule has 1 aliphatic carbocycles. The van der Waals surface area contributed by atoms with Gasteiger partial charge in [0.15, 0.2) is 18.1 Å². The van der Waals surface area contributed by atoms with Crippen molar-refractivity contribution >= 4 is 64.1 Å². The van der Waals surface area contributed by atoms with E-state index in [-0.39, 0.29) is 122 Å². The molecule has 3 heterocycles. The molecule has 0 unspecified atom stereocenters. The molecule has 2 atom stereocenters. The van der Waals surface area contributed by atoms with E-state index in [2.05, 4.69) is 20.9 Å². The maximum Gasteiger partial charge on any atom is 0.419 e. The van der Waals surface area contributed by atoms with Crippen molar-refractivity contribution in [3.05, 3.63) is 143 Å². The molecular weight excluding hydrogens is 1320 g/mol. The van der Waals surface area contributed by atoms with Crippen molar-refractivity contribution in [2.45, 2.75) is 77.9 Å². The molecule has 1 aromatic heterocycles. The highest BCUT2D eigenvalue weighted by atomic mass is 16.6. The molecule has 0 spiro atoms. The van der Waals surface area contributed by atoms with Crippen LogP contribution < -0.4 is 45.0 Å². The Balaban J connectivity index is 0.662. The van der Waals surface area contributed by atoms with Crippen molar-refractivity contribution in [3.8, 4) is 39.7 Å². The van der Waals surface area contributed by atoms with Crippen molar-refractivity contribution in [3.63, 3.8) is 0 Å². The van der Waals surface area contributed by atoms with E-state index in [4.69, 9.17) is 47.0 Å².